The van der Waals surface area contributed by atoms with Gasteiger partial charge in [0.15, 0.2) is 19.9 Å². The highest BCUT2D eigenvalue weighted by Crippen LogP contribution is 2.54. The Kier molecular flexibility index (Phi) is 12.5. The molecule has 0 saturated heterocycles. The predicted molar refractivity (Wildman–Crippen MR) is 196 cm³/mol. The molecule has 0 atom stereocenters. The third-order valence-corrected chi connectivity index (χ3v) is 10.9. The Morgan fingerprint density at radius 2 is 0.782 bits per heavy atom. The van der Waals surface area contributed by atoms with E-state index in [4.69, 9.17) is 0 Å². The highest BCUT2D eigenvalue weighted by atomic mass is 32.2. The van der Waals surface area contributed by atoms with Gasteiger partial charge in [-0.05, 0) is 94.0 Å². The third kappa shape index (κ3) is 9.40. The molecule has 15 heteroatoms. The summed E-state index contributed by atoms with van der Waals surface area (Å²) in [5.74, 6) is -14.8. The maximum atomic E-state index is 12.2. The van der Waals surface area contributed by atoms with Gasteiger partial charge in [0.1, 0.15) is 0 Å². The molecule has 0 aliphatic carbocycles. The summed E-state index contributed by atoms with van der Waals surface area (Å²) in [7, 11) is -7.42. The molecule has 0 saturated carbocycles. The Hall–Kier alpha value is -4.70. The first-order valence-electron chi connectivity index (χ1n) is 15.9. The first-order chi connectivity index (χ1) is 25.8. The van der Waals surface area contributed by atoms with Gasteiger partial charge >= 0.3 is 23.3 Å². The van der Waals surface area contributed by atoms with Crippen molar-refractivity contribution in [3.8, 4) is 33.4 Å². The average molecular weight is 823 g/mol. The largest absolute Gasteiger partial charge is 0.743 e. The number of benzene rings is 6. The van der Waals surface area contributed by atoms with Crippen LogP contribution in [0.4, 0.5) is 39.5 Å². The van der Waals surface area contributed by atoms with E-state index >= 15 is 0 Å². The van der Waals surface area contributed by atoms with Crippen molar-refractivity contribution in [1.82, 2.24) is 0 Å². The van der Waals surface area contributed by atoms with E-state index in [2.05, 4.69) is 158 Å². The summed E-state index contributed by atoms with van der Waals surface area (Å²) in [4.78, 5) is 5.10. The number of halogens is 9. The lowest BCUT2D eigenvalue weighted by atomic mass is 9.95. The van der Waals surface area contributed by atoms with Gasteiger partial charge in [0, 0.05) is 21.6 Å². The standard InChI is InChI=1S/C36H26S2.C4HF9O3S/c1-3-9-27(10-4-1)28-15-19-31(20-16-28)37-33-23-25-34(26-24-33)38-32-21-17-30(18-22-32)36-14-8-7-13-35(36)29-11-5-2-6-12-29;5-1(6,3(9,10)11)2(7,8)4(12,13)17(14,15)16/h1-26H;(H,14,15,16). The van der Waals surface area contributed by atoms with E-state index in [0.717, 1.165) is 0 Å². The molecule has 3 nitrogen and oxygen atoms in total. The first kappa shape index (κ1) is 41.5. The van der Waals surface area contributed by atoms with Gasteiger partial charge in [0.05, 0.1) is 0 Å². The summed E-state index contributed by atoms with van der Waals surface area (Å²) in [6, 6.07) is 56.5. The zero-order valence-corrected chi connectivity index (χ0v) is 30.4. The van der Waals surface area contributed by atoms with Crippen molar-refractivity contribution in [2.45, 2.75) is 42.9 Å². The van der Waals surface area contributed by atoms with Crippen LogP contribution in [-0.2, 0) is 21.9 Å². The molecule has 6 aromatic rings. The minimum Gasteiger partial charge on any atom is -0.743 e. The van der Waals surface area contributed by atoms with Crippen LogP contribution < -0.4 is 0 Å². The Morgan fingerprint density at radius 3 is 1.22 bits per heavy atom. The summed E-state index contributed by atoms with van der Waals surface area (Å²) in [6.45, 7) is 0. The summed E-state index contributed by atoms with van der Waals surface area (Å²) >= 11 is 3.02. The maximum Gasteiger partial charge on any atom is 0.460 e. The number of hydrogen-bond donors (Lipinski definition) is 0. The number of rotatable bonds is 10. The van der Waals surface area contributed by atoms with E-state index in [-0.39, 0.29) is 0 Å². The fourth-order valence-electron chi connectivity index (χ4n) is 5.06. The van der Waals surface area contributed by atoms with Crippen LogP contribution in [0.2, 0.25) is 0 Å². The van der Waals surface area contributed by atoms with Crippen LogP contribution >= 0.6 is 11.8 Å². The van der Waals surface area contributed by atoms with Crippen LogP contribution in [0.5, 0.6) is 0 Å². The van der Waals surface area contributed by atoms with Crippen molar-refractivity contribution in [2.75, 3.05) is 0 Å². The Morgan fingerprint density at radius 1 is 0.436 bits per heavy atom. The predicted octanol–water partition coefficient (Wildman–Crippen LogP) is 12.0. The fourth-order valence-corrected chi connectivity index (χ4v) is 7.21. The second kappa shape index (κ2) is 16.6. The molecule has 6 aromatic carbocycles. The molecule has 0 bridgehead atoms. The molecule has 286 valence electrons. The molecular formula is C40H27F9O3S3. The van der Waals surface area contributed by atoms with Crippen LogP contribution in [0.3, 0.4) is 0 Å². The van der Waals surface area contributed by atoms with Gasteiger partial charge < -0.3 is 4.55 Å². The molecule has 0 aromatic heterocycles. The number of thiol groups is 1. The van der Waals surface area contributed by atoms with Crippen molar-refractivity contribution in [3.63, 3.8) is 0 Å². The lowest BCUT2D eigenvalue weighted by Crippen LogP contribution is -2.63. The monoisotopic (exact) mass is 822 g/mol. The average Bonchev–Trinajstić information content (AvgIpc) is 3.16. The Labute approximate surface area is 319 Å². The molecule has 0 spiro atoms. The summed E-state index contributed by atoms with van der Waals surface area (Å²) < 4.78 is 135. The van der Waals surface area contributed by atoms with Crippen molar-refractivity contribution in [3.05, 3.63) is 158 Å². The van der Waals surface area contributed by atoms with Crippen LogP contribution in [0.15, 0.2) is 177 Å². The summed E-state index contributed by atoms with van der Waals surface area (Å²) in [6.07, 6.45) is -7.16. The minimum atomic E-state index is -7.43. The number of hydrogen-bond acceptors (Lipinski definition) is 4. The van der Waals surface area contributed by atoms with Gasteiger partial charge in [0.25, 0.3) is 0 Å². The smallest absolute Gasteiger partial charge is 0.460 e. The molecule has 0 N–H and O–H groups in total. The molecule has 0 radical (unpaired) electrons. The molecule has 0 aliphatic heterocycles. The van der Waals surface area contributed by atoms with Gasteiger partial charge in [-0.15, -0.1) is 0 Å². The van der Waals surface area contributed by atoms with Crippen LogP contribution in [0.1, 0.15) is 0 Å². The van der Waals surface area contributed by atoms with Gasteiger partial charge in [-0.25, -0.2) is 8.42 Å². The van der Waals surface area contributed by atoms with Gasteiger partial charge in [-0.2, -0.15) is 39.5 Å². The van der Waals surface area contributed by atoms with Gasteiger partial charge in [-0.3, -0.25) is 0 Å². The summed E-state index contributed by atoms with van der Waals surface area (Å²) in [5.41, 5.74) is 7.52. The third-order valence-electron chi connectivity index (χ3n) is 7.91. The van der Waals surface area contributed by atoms with Crippen molar-refractivity contribution in [1.29, 1.82) is 0 Å². The molecule has 0 amide bonds. The zero-order chi connectivity index (χ0) is 40.1. The molecule has 0 heterocycles. The molecule has 0 unspecified atom stereocenters. The highest BCUT2D eigenvalue weighted by molar-refractivity contribution is 7.99. The molecule has 6 rings (SSSR count). The molecule has 0 fully saturated rings. The zero-order valence-electron chi connectivity index (χ0n) is 27.9. The van der Waals surface area contributed by atoms with Crippen LogP contribution in [0, 0.1) is 0 Å². The van der Waals surface area contributed by atoms with E-state index in [1.165, 1.54) is 64.7 Å². The minimum absolute atomic E-state index is 1.22. The van der Waals surface area contributed by atoms with Crippen molar-refractivity contribution >= 4 is 33.6 Å². The van der Waals surface area contributed by atoms with Crippen molar-refractivity contribution < 1.29 is 52.5 Å². The molecule has 0 aliphatic rings. The van der Waals surface area contributed by atoms with Crippen LogP contribution in [0.25, 0.3) is 33.4 Å². The SMILES string of the molecule is O=S(=O)([O-])C(F)(F)C(F)(F)C(F)(F)C(F)(F)F.c1ccc(-c2ccc(Sc3ccc([SH+]c4ccc(-c5ccccc5-c5ccccc5)cc4)cc3)cc2)cc1. The fraction of sp³-hybridized carbons (Fsp3) is 0.100. The first-order valence-corrected chi connectivity index (χ1v) is 19.0. The van der Waals surface area contributed by atoms with E-state index in [0.29, 0.717) is 0 Å². The molecular weight excluding hydrogens is 796 g/mol. The Balaban J connectivity index is 0.000000290. The summed E-state index contributed by atoms with van der Waals surface area (Å²) in [5, 5.41) is -7.11. The van der Waals surface area contributed by atoms with E-state index in [1.54, 1.807) is 11.8 Å². The van der Waals surface area contributed by atoms with E-state index in [1.807, 2.05) is 0 Å². The lowest BCUT2D eigenvalue weighted by Gasteiger charge is -2.34. The second-order valence-corrected chi connectivity index (χ2v) is 15.5. The maximum absolute atomic E-state index is 12.2. The molecule has 55 heavy (non-hydrogen) atoms. The topological polar surface area (TPSA) is 57.2 Å². The highest BCUT2D eigenvalue weighted by Gasteiger charge is 2.83. The van der Waals surface area contributed by atoms with Crippen molar-refractivity contribution in [2.24, 2.45) is 0 Å². The van der Waals surface area contributed by atoms with E-state index < -0.39 is 33.4 Å². The van der Waals surface area contributed by atoms with Gasteiger partial charge in [-0.1, -0.05) is 109 Å². The normalized spacial score (nSPS) is 12.5. The second-order valence-electron chi connectivity index (χ2n) is 11.7. The van der Waals surface area contributed by atoms with E-state index in [9.17, 15) is 52.5 Å². The quantitative estimate of drug-likeness (QED) is 0.0598. The number of alkyl halides is 9. The van der Waals surface area contributed by atoms with Gasteiger partial charge in [0.2, 0.25) is 0 Å². The Bertz CT molecular complexity index is 2290. The van der Waals surface area contributed by atoms with Crippen LogP contribution in [-0.4, -0.2) is 36.2 Å². The lowest BCUT2D eigenvalue weighted by molar-refractivity contribution is -0.382.